The summed E-state index contributed by atoms with van der Waals surface area (Å²) >= 11 is 0. The van der Waals surface area contributed by atoms with E-state index in [1.54, 1.807) is 31.3 Å². The first-order chi connectivity index (χ1) is 15.8. The first kappa shape index (κ1) is 21.3. The van der Waals surface area contributed by atoms with E-state index in [4.69, 9.17) is 5.10 Å². The van der Waals surface area contributed by atoms with Gasteiger partial charge < -0.3 is 10.6 Å². The molecule has 7 nitrogen and oxygen atoms in total. The van der Waals surface area contributed by atoms with Gasteiger partial charge >= 0.3 is 6.18 Å². The van der Waals surface area contributed by atoms with Crippen molar-refractivity contribution >= 4 is 28.3 Å². The number of carbonyl (C=O) groups is 1. The highest BCUT2D eigenvalue weighted by Gasteiger charge is 2.34. The number of aromatic nitrogens is 4. The Labute approximate surface area is 187 Å². The average molecular weight is 456 g/mol. The van der Waals surface area contributed by atoms with Crippen LogP contribution in [-0.4, -0.2) is 38.2 Å². The lowest BCUT2D eigenvalue weighted by Gasteiger charge is -2.30. The molecule has 0 bridgehead atoms. The van der Waals surface area contributed by atoms with Gasteiger partial charge in [0.15, 0.2) is 5.69 Å². The maximum atomic E-state index is 13.1. The van der Waals surface area contributed by atoms with Crippen molar-refractivity contribution in [1.29, 1.82) is 0 Å². The summed E-state index contributed by atoms with van der Waals surface area (Å²) in [5.74, 6) is 0.431. The number of carbonyl (C=O) groups excluding carboxylic acids is 1. The molecule has 0 spiro atoms. The summed E-state index contributed by atoms with van der Waals surface area (Å²) in [6.07, 6.45) is 1.96. The minimum Gasteiger partial charge on any atom is -0.368 e. The number of hydrogen-bond acceptors (Lipinski definition) is 4. The Kier molecular flexibility index (Phi) is 5.22. The zero-order chi connectivity index (χ0) is 23.2. The molecule has 0 atom stereocenters. The number of pyridine rings is 1. The molecule has 0 unspecified atom stereocenters. The van der Waals surface area contributed by atoms with Crippen LogP contribution in [0.3, 0.4) is 0 Å². The van der Waals surface area contributed by atoms with Gasteiger partial charge in [0, 0.05) is 30.9 Å². The number of amides is 1. The topological polar surface area (TPSA) is 76.2 Å². The minimum atomic E-state index is -4.48. The molecule has 1 fully saturated rings. The third-order valence-corrected chi connectivity index (χ3v) is 6.23. The third kappa shape index (κ3) is 4.01. The molecule has 3 aromatic heterocycles. The molecule has 0 aliphatic heterocycles. The van der Waals surface area contributed by atoms with Gasteiger partial charge in [-0.2, -0.15) is 18.3 Å². The van der Waals surface area contributed by atoms with Gasteiger partial charge in [-0.05, 0) is 43.9 Å². The second-order valence-corrected chi connectivity index (χ2v) is 8.34. The molecular weight excluding hydrogens is 433 g/mol. The van der Waals surface area contributed by atoms with Gasteiger partial charge in [0.05, 0.1) is 11.6 Å². The number of imidazole rings is 1. The second kappa shape index (κ2) is 8.09. The molecule has 2 N–H and O–H groups in total. The lowest BCUT2D eigenvalue weighted by atomic mass is 9.91. The molecule has 10 heteroatoms. The number of alkyl halides is 3. The fourth-order valence-corrected chi connectivity index (χ4v) is 4.53. The summed E-state index contributed by atoms with van der Waals surface area (Å²) in [6.45, 7) is 0. The van der Waals surface area contributed by atoms with Crippen molar-refractivity contribution in [3.05, 3.63) is 60.0 Å². The zero-order valence-corrected chi connectivity index (χ0v) is 17.9. The lowest BCUT2D eigenvalue weighted by molar-refractivity contribution is -0.140. The highest BCUT2D eigenvalue weighted by atomic mass is 19.4. The standard InChI is InChI=1S/C23H23F3N6O/c1-27-22(33)17-5-2-4-14-12-32(30-21(14)17)16-10-8-15(9-11-16)28-19-6-3-7-20-29-18(13-31(19)20)23(24,25)26/h2-7,12-13,15-16,28H,8-11H2,1H3,(H,27,33). The SMILES string of the molecule is CNC(=O)c1cccc2cn(C3CCC(Nc4cccc5nc(C(F)(F)F)cn45)CC3)nc12. The van der Waals surface area contributed by atoms with Crippen LogP contribution in [0.15, 0.2) is 48.8 Å². The quantitative estimate of drug-likeness (QED) is 0.468. The number of halogens is 3. The van der Waals surface area contributed by atoms with E-state index in [1.807, 2.05) is 23.0 Å². The Hall–Kier alpha value is -3.56. The zero-order valence-electron chi connectivity index (χ0n) is 17.9. The number of nitrogens with one attached hydrogen (secondary N) is 2. The Morgan fingerprint density at radius 2 is 1.82 bits per heavy atom. The summed E-state index contributed by atoms with van der Waals surface area (Å²) in [4.78, 5) is 15.8. The van der Waals surface area contributed by atoms with Gasteiger partial charge in [-0.3, -0.25) is 13.9 Å². The van der Waals surface area contributed by atoms with E-state index in [0.717, 1.165) is 37.3 Å². The van der Waals surface area contributed by atoms with Gasteiger partial charge in [0.25, 0.3) is 5.91 Å². The van der Waals surface area contributed by atoms with Crippen LogP contribution in [0.5, 0.6) is 0 Å². The minimum absolute atomic E-state index is 0.134. The monoisotopic (exact) mass is 456 g/mol. The van der Waals surface area contributed by atoms with Crippen LogP contribution in [0.4, 0.5) is 19.0 Å². The number of fused-ring (bicyclic) bond motifs is 2. The van der Waals surface area contributed by atoms with Crippen LogP contribution < -0.4 is 10.6 Å². The van der Waals surface area contributed by atoms with E-state index in [2.05, 4.69) is 15.6 Å². The van der Waals surface area contributed by atoms with E-state index in [0.29, 0.717) is 16.9 Å². The Morgan fingerprint density at radius 1 is 1.06 bits per heavy atom. The number of rotatable bonds is 4. The smallest absolute Gasteiger partial charge is 0.368 e. The van der Waals surface area contributed by atoms with Crippen LogP contribution in [0.2, 0.25) is 0 Å². The first-order valence-corrected chi connectivity index (χ1v) is 10.9. The van der Waals surface area contributed by atoms with Crippen LogP contribution in [0, 0.1) is 0 Å². The van der Waals surface area contributed by atoms with E-state index in [1.165, 1.54) is 4.40 Å². The van der Waals surface area contributed by atoms with Crippen molar-refractivity contribution in [1.82, 2.24) is 24.5 Å². The first-order valence-electron chi connectivity index (χ1n) is 10.9. The summed E-state index contributed by atoms with van der Waals surface area (Å²) in [5.41, 5.74) is 0.596. The second-order valence-electron chi connectivity index (χ2n) is 8.34. The van der Waals surface area contributed by atoms with Gasteiger partial charge in [-0.25, -0.2) is 4.98 Å². The van der Waals surface area contributed by atoms with Crippen LogP contribution in [0.25, 0.3) is 16.6 Å². The molecule has 172 valence electrons. The molecule has 1 aromatic carbocycles. The molecule has 1 aliphatic carbocycles. The summed E-state index contributed by atoms with van der Waals surface area (Å²) in [6, 6.07) is 10.9. The molecule has 0 saturated heterocycles. The van der Waals surface area contributed by atoms with Gasteiger partial charge in [-0.1, -0.05) is 18.2 Å². The molecule has 33 heavy (non-hydrogen) atoms. The number of hydrogen-bond donors (Lipinski definition) is 2. The predicted molar refractivity (Wildman–Crippen MR) is 118 cm³/mol. The van der Waals surface area contributed by atoms with Crippen LogP contribution >= 0.6 is 0 Å². The van der Waals surface area contributed by atoms with Crippen molar-refractivity contribution in [3.8, 4) is 0 Å². The molecule has 0 radical (unpaired) electrons. The maximum absolute atomic E-state index is 13.1. The van der Waals surface area contributed by atoms with E-state index in [9.17, 15) is 18.0 Å². The highest BCUT2D eigenvalue weighted by Crippen LogP contribution is 2.33. The fraction of sp³-hybridized carbons (Fsp3) is 0.348. The Balaban J connectivity index is 1.30. The summed E-state index contributed by atoms with van der Waals surface area (Å²) in [7, 11) is 1.60. The summed E-state index contributed by atoms with van der Waals surface area (Å²) < 4.78 is 42.6. The molecule has 4 aromatic rings. The van der Waals surface area contributed by atoms with E-state index >= 15 is 0 Å². The van der Waals surface area contributed by atoms with Crippen molar-refractivity contribution in [3.63, 3.8) is 0 Å². The molecule has 1 saturated carbocycles. The number of anilines is 1. The van der Waals surface area contributed by atoms with Crippen molar-refractivity contribution in [2.75, 3.05) is 12.4 Å². The number of benzene rings is 1. The van der Waals surface area contributed by atoms with Crippen molar-refractivity contribution < 1.29 is 18.0 Å². The molecule has 1 aliphatic rings. The van der Waals surface area contributed by atoms with Gasteiger partial charge in [0.1, 0.15) is 17.0 Å². The van der Waals surface area contributed by atoms with Gasteiger partial charge in [-0.15, -0.1) is 0 Å². The van der Waals surface area contributed by atoms with Crippen molar-refractivity contribution in [2.45, 2.75) is 43.9 Å². The fourth-order valence-electron chi connectivity index (χ4n) is 4.53. The molecule has 3 heterocycles. The lowest BCUT2D eigenvalue weighted by Crippen LogP contribution is -2.28. The van der Waals surface area contributed by atoms with E-state index < -0.39 is 11.9 Å². The van der Waals surface area contributed by atoms with Crippen LogP contribution in [0.1, 0.15) is 47.8 Å². The number of nitrogens with zero attached hydrogens (tertiary/aromatic N) is 4. The van der Waals surface area contributed by atoms with Gasteiger partial charge in [0.2, 0.25) is 0 Å². The normalized spacial score (nSPS) is 19.2. The van der Waals surface area contributed by atoms with Crippen LogP contribution in [-0.2, 0) is 6.18 Å². The highest BCUT2D eigenvalue weighted by molar-refractivity contribution is 6.05. The largest absolute Gasteiger partial charge is 0.434 e. The predicted octanol–water partition coefficient (Wildman–Crippen LogP) is 4.66. The molecular formula is C23H23F3N6O. The average Bonchev–Trinajstić information content (AvgIpc) is 3.44. The maximum Gasteiger partial charge on any atom is 0.434 e. The third-order valence-electron chi connectivity index (χ3n) is 6.23. The summed E-state index contributed by atoms with van der Waals surface area (Å²) in [5, 5.41) is 11.7. The van der Waals surface area contributed by atoms with Crippen molar-refractivity contribution in [2.24, 2.45) is 0 Å². The molecule has 1 amide bonds. The van der Waals surface area contributed by atoms with E-state index in [-0.39, 0.29) is 23.6 Å². The molecule has 5 rings (SSSR count). The Morgan fingerprint density at radius 3 is 2.55 bits per heavy atom. The Bertz CT molecular complexity index is 1320.